The number of fused-ring (bicyclic) bond motifs is 1. The van der Waals surface area contributed by atoms with Crippen LogP contribution in [-0.2, 0) is 20.9 Å². The molecule has 7 nitrogen and oxygen atoms in total. The summed E-state index contributed by atoms with van der Waals surface area (Å²) in [5.74, 6) is -1.26. The Hall–Kier alpha value is -3.29. The molecule has 1 aliphatic heterocycles. The number of benzene rings is 2. The topological polar surface area (TPSA) is 80.6 Å². The zero-order valence-electron chi connectivity index (χ0n) is 17.3. The van der Waals surface area contributed by atoms with Crippen molar-refractivity contribution in [1.29, 1.82) is 0 Å². The number of methoxy groups -OCH3 is 1. The van der Waals surface area contributed by atoms with E-state index in [0.29, 0.717) is 16.6 Å². The number of para-hydroxylation sites is 1. The van der Waals surface area contributed by atoms with E-state index in [1.807, 2.05) is 37.3 Å². The van der Waals surface area contributed by atoms with Crippen LogP contribution in [0.3, 0.4) is 0 Å². The van der Waals surface area contributed by atoms with Crippen molar-refractivity contribution in [3.05, 3.63) is 75.0 Å². The second-order valence-electron chi connectivity index (χ2n) is 7.29. The molecule has 1 saturated heterocycles. The maximum Gasteiger partial charge on any atom is 0.329 e. The highest BCUT2D eigenvalue weighted by Gasteiger charge is 2.35. The molecule has 2 aromatic carbocycles. The third-order valence-corrected chi connectivity index (χ3v) is 5.98. The number of halogens is 2. The van der Waals surface area contributed by atoms with Crippen molar-refractivity contribution >= 4 is 58.1 Å². The molecule has 1 N–H and O–H groups in total. The maximum absolute atomic E-state index is 12.7. The van der Waals surface area contributed by atoms with Gasteiger partial charge in [-0.1, -0.05) is 47.5 Å². The number of ether oxygens (including phenoxy) is 1. The summed E-state index contributed by atoms with van der Waals surface area (Å²) in [6.07, 6.45) is 1.63. The number of nitrogens with one attached hydrogen (secondary N) is 1. The normalized spacial score (nSPS) is 15.0. The van der Waals surface area contributed by atoms with Crippen molar-refractivity contribution in [2.75, 3.05) is 13.7 Å². The lowest BCUT2D eigenvalue weighted by atomic mass is 10.1. The van der Waals surface area contributed by atoms with Crippen molar-refractivity contribution in [3.63, 3.8) is 0 Å². The molecule has 32 heavy (non-hydrogen) atoms. The third kappa shape index (κ3) is 3.97. The van der Waals surface area contributed by atoms with Crippen molar-refractivity contribution < 1.29 is 19.1 Å². The van der Waals surface area contributed by atoms with Gasteiger partial charge in [-0.25, -0.2) is 9.69 Å². The van der Waals surface area contributed by atoms with Gasteiger partial charge in [0.25, 0.3) is 5.91 Å². The van der Waals surface area contributed by atoms with Gasteiger partial charge in [-0.15, -0.1) is 0 Å². The number of amides is 3. The first-order valence-corrected chi connectivity index (χ1v) is 10.5. The fourth-order valence-electron chi connectivity index (χ4n) is 3.72. The van der Waals surface area contributed by atoms with E-state index in [2.05, 4.69) is 14.6 Å². The molecule has 0 aliphatic carbocycles. The van der Waals surface area contributed by atoms with Crippen LogP contribution in [0.25, 0.3) is 17.0 Å². The monoisotopic (exact) mass is 471 g/mol. The van der Waals surface area contributed by atoms with Crippen molar-refractivity contribution in [1.82, 2.24) is 14.8 Å². The molecule has 3 amide bonds. The van der Waals surface area contributed by atoms with Crippen LogP contribution in [0, 0.1) is 6.92 Å². The summed E-state index contributed by atoms with van der Waals surface area (Å²) >= 11 is 12.4. The molecule has 0 saturated carbocycles. The minimum Gasteiger partial charge on any atom is -0.468 e. The average Bonchev–Trinajstić information content (AvgIpc) is 3.18. The highest BCUT2D eigenvalue weighted by molar-refractivity contribution is 6.35. The largest absolute Gasteiger partial charge is 0.468 e. The number of esters is 1. The SMILES string of the molecule is COC(=O)CN1C(=O)N/C(=C/c2c(C)n(Cc3ccc(Cl)cc3Cl)c3ccccc23)C1=O. The van der Waals surface area contributed by atoms with Crippen LogP contribution >= 0.6 is 23.2 Å². The van der Waals surface area contributed by atoms with Gasteiger partial charge in [-0.05, 0) is 36.8 Å². The second-order valence-corrected chi connectivity index (χ2v) is 8.14. The molecule has 0 radical (unpaired) electrons. The zero-order valence-corrected chi connectivity index (χ0v) is 18.8. The van der Waals surface area contributed by atoms with Crippen LogP contribution in [0.1, 0.15) is 16.8 Å². The first-order valence-electron chi connectivity index (χ1n) is 9.73. The smallest absolute Gasteiger partial charge is 0.329 e. The molecule has 0 atom stereocenters. The summed E-state index contributed by atoms with van der Waals surface area (Å²) in [6, 6.07) is 12.5. The van der Waals surface area contributed by atoms with Gasteiger partial charge < -0.3 is 14.6 Å². The minimum atomic E-state index is -0.678. The van der Waals surface area contributed by atoms with Crippen molar-refractivity contribution in [2.45, 2.75) is 13.5 Å². The summed E-state index contributed by atoms with van der Waals surface area (Å²) in [7, 11) is 1.20. The van der Waals surface area contributed by atoms with E-state index in [-0.39, 0.29) is 5.70 Å². The van der Waals surface area contributed by atoms with E-state index >= 15 is 0 Å². The lowest BCUT2D eigenvalue weighted by molar-refractivity contribution is -0.143. The molecule has 3 aromatic rings. The number of urea groups is 1. The fraction of sp³-hybridized carbons (Fsp3) is 0.174. The van der Waals surface area contributed by atoms with Gasteiger partial charge >= 0.3 is 12.0 Å². The quantitative estimate of drug-likeness (QED) is 0.340. The average molecular weight is 472 g/mol. The molecule has 0 bridgehead atoms. The van der Waals surface area contributed by atoms with Gasteiger partial charge in [0, 0.05) is 38.8 Å². The van der Waals surface area contributed by atoms with Gasteiger partial charge in [-0.3, -0.25) is 9.59 Å². The molecule has 1 aliphatic rings. The Morgan fingerprint density at radius 3 is 2.62 bits per heavy atom. The Balaban J connectivity index is 1.76. The predicted molar refractivity (Wildman–Crippen MR) is 122 cm³/mol. The number of hydrogen-bond acceptors (Lipinski definition) is 4. The fourth-order valence-corrected chi connectivity index (χ4v) is 4.19. The summed E-state index contributed by atoms with van der Waals surface area (Å²) < 4.78 is 6.65. The zero-order chi connectivity index (χ0) is 23.0. The summed E-state index contributed by atoms with van der Waals surface area (Å²) in [4.78, 5) is 37.3. The number of hydrogen-bond donors (Lipinski definition) is 1. The second kappa shape index (κ2) is 8.68. The molecule has 0 unspecified atom stereocenters. The molecule has 9 heteroatoms. The van der Waals surface area contributed by atoms with Crippen LogP contribution < -0.4 is 5.32 Å². The maximum atomic E-state index is 12.7. The number of rotatable bonds is 5. The van der Waals surface area contributed by atoms with E-state index in [1.54, 1.807) is 18.2 Å². The van der Waals surface area contributed by atoms with E-state index in [9.17, 15) is 14.4 Å². The highest BCUT2D eigenvalue weighted by atomic mass is 35.5. The molecule has 1 aromatic heterocycles. The first kappa shape index (κ1) is 21.9. The number of carbonyl (C=O) groups excluding carboxylic acids is 3. The summed E-state index contributed by atoms with van der Waals surface area (Å²) in [5.41, 5.74) is 3.61. The third-order valence-electron chi connectivity index (χ3n) is 5.39. The van der Waals surface area contributed by atoms with Crippen molar-refractivity contribution in [3.8, 4) is 0 Å². The Morgan fingerprint density at radius 2 is 1.91 bits per heavy atom. The van der Waals surface area contributed by atoms with E-state index in [0.717, 1.165) is 32.6 Å². The molecule has 4 rings (SSSR count). The Morgan fingerprint density at radius 1 is 1.16 bits per heavy atom. The first-order chi connectivity index (χ1) is 15.3. The summed E-state index contributed by atoms with van der Waals surface area (Å²) in [6.45, 7) is 1.98. The Labute approximate surface area is 194 Å². The Bertz CT molecular complexity index is 1300. The predicted octanol–water partition coefficient (Wildman–Crippen LogP) is 4.37. The van der Waals surface area contributed by atoms with Gasteiger partial charge in [-0.2, -0.15) is 0 Å². The van der Waals surface area contributed by atoms with Gasteiger partial charge in [0.1, 0.15) is 12.2 Å². The molecule has 164 valence electrons. The number of nitrogens with zero attached hydrogens (tertiary/aromatic N) is 2. The van der Waals surface area contributed by atoms with Crippen LogP contribution in [0.4, 0.5) is 4.79 Å². The van der Waals surface area contributed by atoms with E-state index < -0.39 is 24.5 Å². The number of aromatic nitrogens is 1. The van der Waals surface area contributed by atoms with Gasteiger partial charge in [0.2, 0.25) is 0 Å². The lowest BCUT2D eigenvalue weighted by Gasteiger charge is -2.11. The van der Waals surface area contributed by atoms with Crippen LogP contribution in [0.2, 0.25) is 10.0 Å². The van der Waals surface area contributed by atoms with Crippen LogP contribution in [-0.4, -0.2) is 41.0 Å². The Kier molecular flexibility index (Phi) is 5.95. The number of carbonyl (C=O) groups is 3. The molecule has 2 heterocycles. The van der Waals surface area contributed by atoms with Gasteiger partial charge in [0.15, 0.2) is 0 Å². The molecular weight excluding hydrogens is 453 g/mol. The number of imide groups is 1. The van der Waals surface area contributed by atoms with E-state index in [1.165, 1.54) is 7.11 Å². The van der Waals surface area contributed by atoms with Crippen LogP contribution in [0.15, 0.2) is 48.2 Å². The van der Waals surface area contributed by atoms with E-state index in [4.69, 9.17) is 23.2 Å². The minimum absolute atomic E-state index is 0.0921. The molecule has 1 fully saturated rings. The van der Waals surface area contributed by atoms with Gasteiger partial charge in [0.05, 0.1) is 7.11 Å². The lowest BCUT2D eigenvalue weighted by Crippen LogP contribution is -2.36. The molecular formula is C23H19Cl2N3O4. The summed E-state index contributed by atoms with van der Waals surface area (Å²) in [5, 5.41) is 4.58. The highest BCUT2D eigenvalue weighted by Crippen LogP contribution is 2.31. The molecule has 0 spiro atoms. The standard InChI is InChI=1S/C23H19Cl2N3O4/c1-13-17(10-19-22(30)28(23(31)26-19)12-21(29)32-2)16-5-3-4-6-20(16)27(13)11-14-7-8-15(24)9-18(14)25/h3-10H,11-12H2,1-2H3,(H,26,31)/b19-10+. The van der Waals surface area contributed by atoms with Crippen molar-refractivity contribution in [2.24, 2.45) is 0 Å². The van der Waals surface area contributed by atoms with Crippen LogP contribution in [0.5, 0.6) is 0 Å².